The monoisotopic (exact) mass is 321 g/mol. The quantitative estimate of drug-likeness (QED) is 0.735. The van der Waals surface area contributed by atoms with Crippen LogP contribution in [0.5, 0.6) is 5.75 Å². The highest BCUT2D eigenvalue weighted by atomic mass is 32.2. The summed E-state index contributed by atoms with van der Waals surface area (Å²) in [5, 5.41) is 20.4. The zero-order valence-corrected chi connectivity index (χ0v) is 11.3. The molecule has 1 fully saturated rings. The SMILES string of the molecule is O=C(NC1(C(=O)O)CCSC1)c1cc(F)c(F)c(O)c1F. The number of hydrogen-bond acceptors (Lipinski definition) is 4. The Bertz CT molecular complexity index is 617. The Balaban J connectivity index is 2.35. The van der Waals surface area contributed by atoms with Crippen molar-refractivity contribution in [1.82, 2.24) is 5.32 Å². The molecule has 0 aromatic heterocycles. The summed E-state index contributed by atoms with van der Waals surface area (Å²) in [6.07, 6.45) is 0.121. The third kappa shape index (κ3) is 2.65. The second-order valence-electron chi connectivity index (χ2n) is 4.53. The lowest BCUT2D eigenvalue weighted by atomic mass is 9.98. The van der Waals surface area contributed by atoms with E-state index >= 15 is 0 Å². The first kappa shape index (κ1) is 15.5. The molecule has 1 aromatic carbocycles. The summed E-state index contributed by atoms with van der Waals surface area (Å²) in [7, 11) is 0. The maximum absolute atomic E-state index is 13.6. The molecular formula is C12H10F3NO4S. The number of carbonyl (C=O) groups is 2. The molecule has 0 bridgehead atoms. The van der Waals surface area contributed by atoms with Crippen LogP contribution in [0.25, 0.3) is 0 Å². The molecule has 1 unspecified atom stereocenters. The number of halogens is 3. The largest absolute Gasteiger partial charge is 0.503 e. The van der Waals surface area contributed by atoms with Crippen LogP contribution in [-0.2, 0) is 4.79 Å². The molecule has 1 heterocycles. The Morgan fingerprint density at radius 2 is 1.95 bits per heavy atom. The Hall–Kier alpha value is -1.90. The van der Waals surface area contributed by atoms with E-state index in [1.54, 1.807) is 0 Å². The van der Waals surface area contributed by atoms with Crippen LogP contribution in [0.1, 0.15) is 16.8 Å². The normalized spacial score (nSPS) is 21.3. The molecule has 2 rings (SSSR count). The van der Waals surface area contributed by atoms with Crippen LogP contribution < -0.4 is 5.32 Å². The Morgan fingerprint density at radius 1 is 1.29 bits per heavy atom. The number of benzene rings is 1. The lowest BCUT2D eigenvalue weighted by molar-refractivity contribution is -0.143. The van der Waals surface area contributed by atoms with Crippen LogP contribution in [0.15, 0.2) is 6.07 Å². The van der Waals surface area contributed by atoms with E-state index in [4.69, 9.17) is 5.11 Å². The molecule has 1 saturated heterocycles. The van der Waals surface area contributed by atoms with E-state index in [1.165, 1.54) is 11.8 Å². The topological polar surface area (TPSA) is 86.6 Å². The molecule has 1 aromatic rings. The zero-order chi connectivity index (χ0) is 15.8. The number of phenolic OH excluding ortho intramolecular Hbond substituents is 1. The number of nitrogens with one attached hydrogen (secondary N) is 1. The van der Waals surface area contributed by atoms with Crippen molar-refractivity contribution in [2.75, 3.05) is 11.5 Å². The summed E-state index contributed by atoms with van der Waals surface area (Å²) in [5.74, 6) is -8.65. The highest BCUT2D eigenvalue weighted by Crippen LogP contribution is 2.30. The van der Waals surface area contributed by atoms with Crippen molar-refractivity contribution in [3.63, 3.8) is 0 Å². The first-order valence-electron chi connectivity index (χ1n) is 5.78. The van der Waals surface area contributed by atoms with Crippen LogP contribution in [0.2, 0.25) is 0 Å². The van der Waals surface area contributed by atoms with Gasteiger partial charge in [-0.3, -0.25) is 4.79 Å². The van der Waals surface area contributed by atoms with Crippen molar-refractivity contribution in [3.05, 3.63) is 29.1 Å². The van der Waals surface area contributed by atoms with E-state index in [0.717, 1.165) is 0 Å². The van der Waals surface area contributed by atoms with Gasteiger partial charge in [0.05, 0.1) is 5.56 Å². The van der Waals surface area contributed by atoms with Crippen molar-refractivity contribution in [1.29, 1.82) is 0 Å². The Labute approximate surface area is 121 Å². The first-order valence-corrected chi connectivity index (χ1v) is 6.94. The van der Waals surface area contributed by atoms with Gasteiger partial charge in [0.25, 0.3) is 5.91 Å². The van der Waals surface area contributed by atoms with Gasteiger partial charge < -0.3 is 15.5 Å². The van der Waals surface area contributed by atoms with Crippen molar-refractivity contribution < 1.29 is 33.0 Å². The standard InChI is InChI=1S/C12H10F3NO4S/c13-6-3-5(7(14)9(17)8(6)15)10(18)16-12(11(19)20)1-2-21-4-12/h3,17H,1-2,4H2,(H,16,18)(H,19,20). The van der Waals surface area contributed by atoms with E-state index in [-0.39, 0.29) is 18.2 Å². The van der Waals surface area contributed by atoms with E-state index in [1.807, 2.05) is 0 Å². The lowest BCUT2D eigenvalue weighted by Gasteiger charge is -2.24. The molecule has 0 radical (unpaired) electrons. The number of rotatable bonds is 3. The van der Waals surface area contributed by atoms with Gasteiger partial charge in [-0.05, 0) is 18.2 Å². The van der Waals surface area contributed by atoms with E-state index in [2.05, 4.69) is 5.32 Å². The molecule has 9 heteroatoms. The highest BCUT2D eigenvalue weighted by Gasteiger charge is 2.44. The predicted octanol–water partition coefficient (Wildman–Crippen LogP) is 1.50. The number of carbonyl (C=O) groups excluding carboxylic acids is 1. The number of carboxylic acid groups (broad SMARTS) is 1. The fraction of sp³-hybridized carbons (Fsp3) is 0.333. The third-order valence-electron chi connectivity index (χ3n) is 3.16. The summed E-state index contributed by atoms with van der Waals surface area (Å²) in [4.78, 5) is 23.2. The van der Waals surface area contributed by atoms with Gasteiger partial charge in [0.1, 0.15) is 5.54 Å². The molecule has 1 aliphatic rings. The fourth-order valence-electron chi connectivity index (χ4n) is 1.93. The summed E-state index contributed by atoms with van der Waals surface area (Å²) >= 11 is 1.29. The smallest absolute Gasteiger partial charge is 0.330 e. The Kier molecular flexibility index (Phi) is 4.04. The van der Waals surface area contributed by atoms with Crippen molar-refractivity contribution in [2.45, 2.75) is 12.0 Å². The minimum atomic E-state index is -1.81. The molecule has 0 saturated carbocycles. The van der Waals surface area contributed by atoms with Gasteiger partial charge in [0.2, 0.25) is 5.82 Å². The van der Waals surface area contributed by atoms with Crippen molar-refractivity contribution in [3.8, 4) is 5.75 Å². The molecular weight excluding hydrogens is 311 g/mol. The van der Waals surface area contributed by atoms with Crippen molar-refractivity contribution in [2.24, 2.45) is 0 Å². The summed E-state index contributed by atoms with van der Waals surface area (Å²) in [5.41, 5.74) is -2.54. The average Bonchev–Trinajstić information content (AvgIpc) is 2.90. The van der Waals surface area contributed by atoms with E-state index in [9.17, 15) is 27.9 Å². The predicted molar refractivity (Wildman–Crippen MR) is 67.8 cm³/mol. The molecule has 1 amide bonds. The molecule has 0 aliphatic carbocycles. The van der Waals surface area contributed by atoms with Gasteiger partial charge in [-0.25, -0.2) is 13.6 Å². The molecule has 21 heavy (non-hydrogen) atoms. The summed E-state index contributed by atoms with van der Waals surface area (Å²) in [6.45, 7) is 0. The number of aromatic hydroxyl groups is 1. The number of aliphatic carboxylic acids is 1. The second kappa shape index (κ2) is 5.47. The molecule has 1 atom stereocenters. The van der Waals surface area contributed by atoms with Gasteiger partial charge >= 0.3 is 5.97 Å². The average molecular weight is 321 g/mol. The van der Waals surface area contributed by atoms with Crippen LogP contribution in [0, 0.1) is 17.5 Å². The summed E-state index contributed by atoms with van der Waals surface area (Å²) in [6, 6.07) is 0.275. The van der Waals surface area contributed by atoms with E-state index in [0.29, 0.717) is 5.75 Å². The lowest BCUT2D eigenvalue weighted by Crippen LogP contribution is -2.54. The molecule has 3 N–H and O–H groups in total. The number of hydrogen-bond donors (Lipinski definition) is 3. The number of thioether (sulfide) groups is 1. The van der Waals surface area contributed by atoms with Crippen molar-refractivity contribution >= 4 is 23.6 Å². The van der Waals surface area contributed by atoms with Gasteiger partial charge in [-0.1, -0.05) is 0 Å². The maximum atomic E-state index is 13.6. The fourth-order valence-corrected chi connectivity index (χ4v) is 3.25. The highest BCUT2D eigenvalue weighted by molar-refractivity contribution is 7.99. The van der Waals surface area contributed by atoms with E-state index < -0.39 is 46.2 Å². The molecule has 5 nitrogen and oxygen atoms in total. The third-order valence-corrected chi connectivity index (χ3v) is 4.35. The minimum absolute atomic E-state index is 0.0748. The molecule has 0 spiro atoms. The number of carboxylic acids is 1. The van der Waals surface area contributed by atoms with Crippen LogP contribution >= 0.6 is 11.8 Å². The molecule has 1 aliphatic heterocycles. The summed E-state index contributed by atoms with van der Waals surface area (Å²) < 4.78 is 39.7. The van der Waals surface area contributed by atoms with Crippen LogP contribution in [-0.4, -0.2) is 39.1 Å². The first-order chi connectivity index (χ1) is 9.78. The maximum Gasteiger partial charge on any atom is 0.330 e. The van der Waals surface area contributed by atoms with Gasteiger partial charge in [-0.2, -0.15) is 16.2 Å². The van der Waals surface area contributed by atoms with Gasteiger partial charge in [0.15, 0.2) is 17.4 Å². The van der Waals surface area contributed by atoms with Crippen LogP contribution in [0.4, 0.5) is 13.2 Å². The zero-order valence-electron chi connectivity index (χ0n) is 10.5. The molecule has 114 valence electrons. The second-order valence-corrected chi connectivity index (χ2v) is 5.63. The van der Waals surface area contributed by atoms with Gasteiger partial charge in [-0.15, -0.1) is 0 Å². The minimum Gasteiger partial charge on any atom is -0.503 e. The number of phenols is 1. The number of amides is 1. The van der Waals surface area contributed by atoms with Crippen LogP contribution in [0.3, 0.4) is 0 Å². The van der Waals surface area contributed by atoms with Gasteiger partial charge in [0, 0.05) is 5.75 Å². The Morgan fingerprint density at radius 3 is 2.48 bits per heavy atom.